The van der Waals surface area contributed by atoms with E-state index in [-0.39, 0.29) is 25.7 Å². The predicted octanol–water partition coefficient (Wildman–Crippen LogP) is 20.8. The Labute approximate surface area is 556 Å². The molecule has 91 heavy (non-hydrogen) atoms. The van der Waals surface area contributed by atoms with Crippen molar-refractivity contribution in [2.24, 2.45) is 11.8 Å². The normalized spacial score (nSPS) is 14.4. The topological polar surface area (TPSA) is 237 Å². The molecule has 6 atom stereocenters. The zero-order valence-corrected chi connectivity index (χ0v) is 60.9. The lowest BCUT2D eigenvalue weighted by Gasteiger charge is -2.21. The van der Waals surface area contributed by atoms with E-state index in [0.29, 0.717) is 25.7 Å². The fourth-order valence-electron chi connectivity index (χ4n) is 10.9. The number of unbranched alkanes of at least 4 members (excludes halogenated alkanes) is 40. The minimum absolute atomic E-state index is 0.104. The first kappa shape index (κ1) is 89.1. The second-order valence-electron chi connectivity index (χ2n) is 26.7. The van der Waals surface area contributed by atoms with Crippen LogP contribution in [0.2, 0.25) is 0 Å². The van der Waals surface area contributed by atoms with Crippen LogP contribution in [-0.4, -0.2) is 96.7 Å². The van der Waals surface area contributed by atoms with Crippen molar-refractivity contribution in [3.63, 3.8) is 0 Å². The third-order valence-corrected chi connectivity index (χ3v) is 19.0. The highest BCUT2D eigenvalue weighted by Gasteiger charge is 2.30. The maximum Gasteiger partial charge on any atom is 0.472 e. The molecule has 0 aliphatic rings. The third kappa shape index (κ3) is 65.1. The van der Waals surface area contributed by atoms with Gasteiger partial charge < -0.3 is 33.8 Å². The summed E-state index contributed by atoms with van der Waals surface area (Å²) in [7, 11) is -9.89. The first-order valence-corrected chi connectivity index (χ1v) is 40.5. The highest BCUT2D eigenvalue weighted by Crippen LogP contribution is 2.45. The molecule has 19 heteroatoms. The van der Waals surface area contributed by atoms with E-state index in [1.165, 1.54) is 180 Å². The first-order valence-electron chi connectivity index (χ1n) is 37.5. The summed E-state index contributed by atoms with van der Waals surface area (Å²) >= 11 is 0. The van der Waals surface area contributed by atoms with Gasteiger partial charge in [0.25, 0.3) is 0 Å². The number of carbonyl (C=O) groups is 4. The molecule has 0 aliphatic heterocycles. The van der Waals surface area contributed by atoms with Gasteiger partial charge in [-0.2, -0.15) is 0 Å². The number of hydrogen-bond donors (Lipinski definition) is 3. The van der Waals surface area contributed by atoms with Crippen molar-refractivity contribution in [1.82, 2.24) is 0 Å². The van der Waals surface area contributed by atoms with Gasteiger partial charge in [0.1, 0.15) is 19.3 Å². The highest BCUT2D eigenvalue weighted by molar-refractivity contribution is 7.47. The van der Waals surface area contributed by atoms with Crippen LogP contribution in [0.1, 0.15) is 369 Å². The molecule has 0 aromatic heterocycles. The van der Waals surface area contributed by atoms with Gasteiger partial charge in [-0.3, -0.25) is 37.3 Å². The van der Waals surface area contributed by atoms with E-state index in [0.717, 1.165) is 108 Å². The minimum Gasteiger partial charge on any atom is -0.462 e. The van der Waals surface area contributed by atoms with Crippen molar-refractivity contribution in [1.29, 1.82) is 0 Å². The third-order valence-electron chi connectivity index (χ3n) is 17.1. The summed E-state index contributed by atoms with van der Waals surface area (Å²) in [5.74, 6) is -0.568. The molecule has 0 aliphatic carbocycles. The fourth-order valence-corrected chi connectivity index (χ4v) is 12.5. The molecule has 0 radical (unpaired) electrons. The predicted molar refractivity (Wildman–Crippen MR) is 368 cm³/mol. The fraction of sp³-hybridized carbons (Fsp3) is 0.944. The Bertz CT molecular complexity index is 1770. The van der Waals surface area contributed by atoms with Gasteiger partial charge in [-0.05, 0) is 37.5 Å². The Kier molecular flexibility index (Phi) is 62.7. The number of phosphoric ester groups is 2. The van der Waals surface area contributed by atoms with Gasteiger partial charge in [-0.1, -0.05) is 318 Å². The summed E-state index contributed by atoms with van der Waals surface area (Å²) in [4.78, 5) is 72.4. The number of ether oxygens (including phenoxy) is 4. The first-order chi connectivity index (χ1) is 43.9. The van der Waals surface area contributed by atoms with Crippen molar-refractivity contribution in [2.75, 3.05) is 39.6 Å². The average Bonchev–Trinajstić information content (AvgIpc) is 3.59. The smallest absolute Gasteiger partial charge is 0.462 e. The van der Waals surface area contributed by atoms with Gasteiger partial charge in [-0.25, -0.2) is 9.13 Å². The molecule has 0 bridgehead atoms. The van der Waals surface area contributed by atoms with Gasteiger partial charge in [0.05, 0.1) is 26.4 Å². The molecule has 3 N–H and O–H groups in total. The number of esters is 4. The lowest BCUT2D eigenvalue weighted by molar-refractivity contribution is -0.161. The molecule has 0 fully saturated rings. The molecule has 0 amide bonds. The number of hydrogen-bond acceptors (Lipinski definition) is 15. The van der Waals surface area contributed by atoms with Gasteiger partial charge >= 0.3 is 39.5 Å². The summed E-state index contributed by atoms with van der Waals surface area (Å²) in [5.41, 5.74) is 0. The molecule has 0 aromatic rings. The minimum atomic E-state index is -4.95. The van der Waals surface area contributed by atoms with Crippen LogP contribution in [0.5, 0.6) is 0 Å². The summed E-state index contributed by atoms with van der Waals surface area (Å²) < 4.78 is 68.2. The van der Waals surface area contributed by atoms with Gasteiger partial charge in [-0.15, -0.1) is 0 Å². The second kappa shape index (κ2) is 64.1. The molecule has 0 aromatic carbocycles. The van der Waals surface area contributed by atoms with Crippen LogP contribution in [0.25, 0.3) is 0 Å². The van der Waals surface area contributed by atoms with E-state index in [4.69, 9.17) is 37.0 Å². The van der Waals surface area contributed by atoms with E-state index >= 15 is 0 Å². The Hall–Kier alpha value is -1.94. The van der Waals surface area contributed by atoms with Crippen molar-refractivity contribution in [3.8, 4) is 0 Å². The van der Waals surface area contributed by atoms with Gasteiger partial charge in [0.2, 0.25) is 0 Å². The lowest BCUT2D eigenvalue weighted by atomic mass is 9.99. The SMILES string of the molecule is CCCCCCCCCCCCCCCCCCCC(=O)OC[C@H](COP(=O)(O)OC[C@@H](O)COP(=O)(O)OC[C@@H](COC(=O)CCCCCCC)OC(=O)CCCCCCCCCCC(C)CC)OC(=O)CCCCCCCCCCCCCCCCC(C)C. The quantitative estimate of drug-likeness (QED) is 0.0222. The number of carbonyl (C=O) groups excluding carboxylic acids is 4. The standard InChI is InChI=1S/C72H140O17P2/c1-7-10-12-14-15-16-17-18-19-20-21-25-28-31-37-43-49-55-70(75)83-61-68(89-71(76)56-50-44-38-32-29-26-23-22-24-27-30-35-41-46-52-64(4)5)63-87-91(80,81)85-59-66(73)58-84-90(78,79)86-62-67(60-82-69(74)54-48-40-13-11-8-2)88-72(77)57-51-45-39-34-33-36-42-47-53-65(6)9-3/h64-68,73H,7-63H2,1-6H3,(H,78,79)(H,80,81)/t65?,66-,67+,68+/m0/s1. The second-order valence-corrected chi connectivity index (χ2v) is 29.6. The Morgan fingerprint density at radius 1 is 0.319 bits per heavy atom. The summed E-state index contributed by atoms with van der Waals surface area (Å²) in [6.45, 7) is 9.49. The van der Waals surface area contributed by atoms with E-state index in [1.807, 2.05) is 0 Å². The van der Waals surface area contributed by atoms with E-state index in [1.54, 1.807) is 0 Å². The monoisotopic (exact) mass is 1340 g/mol. The summed E-state index contributed by atoms with van der Waals surface area (Å²) in [6.07, 6.45) is 50.3. The van der Waals surface area contributed by atoms with Crippen LogP contribution in [0.4, 0.5) is 0 Å². The Morgan fingerprint density at radius 3 is 0.835 bits per heavy atom. The molecular weight excluding hydrogens is 1200 g/mol. The van der Waals surface area contributed by atoms with Crippen LogP contribution in [0, 0.1) is 11.8 Å². The van der Waals surface area contributed by atoms with Crippen molar-refractivity contribution >= 4 is 39.5 Å². The molecule has 0 saturated heterocycles. The van der Waals surface area contributed by atoms with Crippen molar-refractivity contribution in [3.05, 3.63) is 0 Å². The number of rotatable bonds is 71. The molecule has 0 saturated carbocycles. The van der Waals surface area contributed by atoms with E-state index < -0.39 is 97.5 Å². The molecule has 540 valence electrons. The van der Waals surface area contributed by atoms with Gasteiger partial charge in [0, 0.05) is 25.7 Å². The van der Waals surface area contributed by atoms with Gasteiger partial charge in [0.15, 0.2) is 12.2 Å². The molecule has 0 heterocycles. The molecule has 0 spiro atoms. The lowest BCUT2D eigenvalue weighted by Crippen LogP contribution is -2.30. The maximum absolute atomic E-state index is 13.0. The summed E-state index contributed by atoms with van der Waals surface area (Å²) in [5, 5.41) is 10.6. The Morgan fingerprint density at radius 2 is 0.560 bits per heavy atom. The molecule has 17 nitrogen and oxygen atoms in total. The van der Waals surface area contributed by atoms with Crippen LogP contribution in [0.3, 0.4) is 0 Å². The summed E-state index contributed by atoms with van der Waals surface area (Å²) in [6, 6.07) is 0. The van der Waals surface area contributed by atoms with E-state index in [9.17, 15) is 43.2 Å². The maximum atomic E-state index is 13.0. The van der Waals surface area contributed by atoms with Crippen LogP contribution < -0.4 is 0 Å². The van der Waals surface area contributed by atoms with Crippen LogP contribution >= 0.6 is 15.6 Å². The highest BCUT2D eigenvalue weighted by atomic mass is 31.2. The largest absolute Gasteiger partial charge is 0.472 e. The zero-order valence-electron chi connectivity index (χ0n) is 59.1. The molecule has 0 rings (SSSR count). The van der Waals surface area contributed by atoms with Crippen LogP contribution in [-0.2, 0) is 65.4 Å². The average molecular weight is 1340 g/mol. The Balaban J connectivity index is 5.16. The number of aliphatic hydroxyl groups excluding tert-OH is 1. The number of aliphatic hydroxyl groups is 1. The van der Waals surface area contributed by atoms with Crippen LogP contribution in [0.15, 0.2) is 0 Å². The molecule has 3 unspecified atom stereocenters. The molecular formula is C72H140O17P2. The van der Waals surface area contributed by atoms with E-state index in [2.05, 4.69) is 41.5 Å². The van der Waals surface area contributed by atoms with Crippen molar-refractivity contribution in [2.45, 2.75) is 387 Å². The zero-order chi connectivity index (χ0) is 67.2. The number of phosphoric acid groups is 2. The van der Waals surface area contributed by atoms with Crippen molar-refractivity contribution < 1.29 is 80.2 Å².